The Labute approximate surface area is 238 Å². The molecule has 1 aliphatic rings. The Morgan fingerprint density at radius 2 is 1.17 bits per heavy atom. The van der Waals surface area contributed by atoms with Gasteiger partial charge in [-0.2, -0.15) is 0 Å². The maximum Gasteiger partial charge on any atom is 0.338 e. The molecule has 5 rings (SSSR count). The zero-order chi connectivity index (χ0) is 29.2. The highest BCUT2D eigenvalue weighted by molar-refractivity contribution is 7.99. The van der Waals surface area contributed by atoms with Crippen molar-refractivity contribution in [1.29, 1.82) is 0 Å². The molecular weight excluding hydrogens is 561 g/mol. The van der Waals surface area contributed by atoms with Crippen molar-refractivity contribution in [3.63, 3.8) is 0 Å². The van der Waals surface area contributed by atoms with E-state index in [1.165, 1.54) is 25.3 Å². The van der Waals surface area contributed by atoms with Crippen LogP contribution < -0.4 is 15.9 Å². The summed E-state index contributed by atoms with van der Waals surface area (Å²) in [6.07, 6.45) is 0. The minimum atomic E-state index is -4.54. The number of carbonyl (C=O) groups excluding carboxylic acids is 2. The summed E-state index contributed by atoms with van der Waals surface area (Å²) in [6.45, 7) is 0. The van der Waals surface area contributed by atoms with Crippen LogP contribution in [0.25, 0.3) is 0 Å². The van der Waals surface area contributed by atoms with Gasteiger partial charge in [0.2, 0.25) is 11.4 Å². The molecule has 0 aromatic heterocycles. The number of ether oxygens (including phenoxy) is 2. The highest BCUT2D eigenvalue weighted by Gasteiger charge is 2.62. The van der Waals surface area contributed by atoms with Gasteiger partial charge in [-0.15, -0.1) is 0 Å². The van der Waals surface area contributed by atoms with Crippen molar-refractivity contribution in [1.82, 2.24) is 4.31 Å². The molecule has 1 heterocycles. The number of rotatable bonds is 8. The first-order valence-corrected chi connectivity index (χ1v) is 15.8. The summed E-state index contributed by atoms with van der Waals surface area (Å²) >= 11 is 0. The molecule has 0 aliphatic carbocycles. The molecule has 4 aromatic carbocycles. The third kappa shape index (κ3) is 4.47. The van der Waals surface area contributed by atoms with Gasteiger partial charge in [0.1, 0.15) is 20.8 Å². The summed E-state index contributed by atoms with van der Waals surface area (Å²) in [5.74, 6) is -2.66. The molecule has 0 bridgehead atoms. The molecular formula is C31H27NO7PS+. The van der Waals surface area contributed by atoms with E-state index < -0.39 is 41.1 Å². The van der Waals surface area contributed by atoms with Crippen LogP contribution in [-0.2, 0) is 24.3 Å². The van der Waals surface area contributed by atoms with Crippen LogP contribution in [-0.4, -0.2) is 50.0 Å². The minimum Gasteiger partial charge on any atom is -0.478 e. The van der Waals surface area contributed by atoms with Gasteiger partial charge in [-0.3, -0.25) is 4.79 Å². The van der Waals surface area contributed by atoms with E-state index in [0.717, 1.165) is 7.11 Å². The number of amides is 1. The lowest BCUT2D eigenvalue weighted by Crippen LogP contribution is -2.50. The SMILES string of the molecule is COC(=O)C(/C(=C(/O)OC)[P+](c1ccccc1)(c1ccccc1)c1ccccc1)N1C(=O)c2ccccc2S1(=O)=O. The van der Waals surface area contributed by atoms with Gasteiger partial charge in [0.05, 0.1) is 19.8 Å². The monoisotopic (exact) mass is 588 g/mol. The first-order chi connectivity index (χ1) is 19.8. The molecule has 208 valence electrons. The van der Waals surface area contributed by atoms with Crippen molar-refractivity contribution >= 4 is 45.1 Å². The summed E-state index contributed by atoms with van der Waals surface area (Å²) in [5, 5.41) is 13.6. The molecule has 1 amide bonds. The average molecular weight is 589 g/mol. The average Bonchev–Trinajstić information content (AvgIpc) is 3.22. The van der Waals surface area contributed by atoms with Gasteiger partial charge in [-0.25, -0.2) is 17.5 Å². The topological polar surface area (TPSA) is 110 Å². The number of fused-ring (bicyclic) bond motifs is 1. The number of aliphatic hydroxyl groups excluding tert-OH is 1. The van der Waals surface area contributed by atoms with E-state index in [0.29, 0.717) is 20.2 Å². The molecule has 0 saturated carbocycles. The van der Waals surface area contributed by atoms with Crippen molar-refractivity contribution in [3.8, 4) is 0 Å². The fourth-order valence-corrected chi connectivity index (χ4v) is 11.6. The highest BCUT2D eigenvalue weighted by atomic mass is 32.2. The number of methoxy groups -OCH3 is 2. The number of carbonyl (C=O) groups is 2. The largest absolute Gasteiger partial charge is 0.478 e. The molecule has 10 heteroatoms. The fourth-order valence-electron chi connectivity index (χ4n) is 5.26. The predicted molar refractivity (Wildman–Crippen MR) is 157 cm³/mol. The smallest absolute Gasteiger partial charge is 0.338 e. The first kappa shape index (κ1) is 28.1. The van der Waals surface area contributed by atoms with Gasteiger partial charge in [0.25, 0.3) is 15.9 Å². The summed E-state index contributed by atoms with van der Waals surface area (Å²) in [6, 6.07) is 31.3. The first-order valence-electron chi connectivity index (χ1n) is 12.6. The van der Waals surface area contributed by atoms with Gasteiger partial charge >= 0.3 is 11.9 Å². The van der Waals surface area contributed by atoms with Crippen LogP contribution in [0.4, 0.5) is 0 Å². The van der Waals surface area contributed by atoms with Crippen LogP contribution in [0.15, 0.2) is 131 Å². The third-order valence-electron chi connectivity index (χ3n) is 6.98. The van der Waals surface area contributed by atoms with E-state index >= 15 is 0 Å². The number of hydrogen-bond acceptors (Lipinski definition) is 7. The van der Waals surface area contributed by atoms with E-state index in [2.05, 4.69) is 0 Å². The Hall–Kier alpha value is -4.46. The Balaban J connectivity index is 1.95. The van der Waals surface area contributed by atoms with Crippen molar-refractivity contribution in [2.45, 2.75) is 10.9 Å². The molecule has 4 aromatic rings. The molecule has 1 aliphatic heterocycles. The Morgan fingerprint density at radius 1 is 0.732 bits per heavy atom. The van der Waals surface area contributed by atoms with Crippen LogP contribution >= 0.6 is 7.26 Å². The van der Waals surface area contributed by atoms with Crippen molar-refractivity contribution in [2.24, 2.45) is 0 Å². The molecule has 1 unspecified atom stereocenters. The summed E-state index contributed by atoms with van der Waals surface area (Å²) in [7, 11) is -5.57. The van der Waals surface area contributed by atoms with Gasteiger partial charge in [0, 0.05) is 0 Å². The number of hydrogen-bond donors (Lipinski definition) is 1. The Kier molecular flexibility index (Phi) is 7.67. The minimum absolute atomic E-state index is 0.0827. The molecule has 8 nitrogen and oxygen atoms in total. The summed E-state index contributed by atoms with van der Waals surface area (Å²) in [5.41, 5.74) is -0.0827. The maximum absolute atomic E-state index is 14.0. The zero-order valence-corrected chi connectivity index (χ0v) is 24.0. The van der Waals surface area contributed by atoms with E-state index in [1.54, 1.807) is 6.07 Å². The lowest BCUT2D eigenvalue weighted by atomic mass is 10.2. The van der Waals surface area contributed by atoms with E-state index in [9.17, 15) is 23.1 Å². The quantitative estimate of drug-likeness (QED) is 0.190. The number of benzene rings is 4. The number of aliphatic hydroxyl groups is 1. The second kappa shape index (κ2) is 11.2. The van der Waals surface area contributed by atoms with Gasteiger partial charge < -0.3 is 14.6 Å². The molecule has 0 saturated heterocycles. The standard InChI is InChI=1S/C31H26NO7PS/c1-38-30(34)27(32-29(33)25-20-12-13-21-26(25)41(32,36)37)28(31(35)39-2)40(22-14-6-3-7-15-22,23-16-8-4-9-17-23)24-18-10-5-11-19-24/h3-21,27H,1-2H3/p+1/b31-28+. The van der Waals surface area contributed by atoms with Crippen LogP contribution in [0.5, 0.6) is 0 Å². The van der Waals surface area contributed by atoms with Crippen LogP contribution in [0, 0.1) is 0 Å². The second-order valence-electron chi connectivity index (χ2n) is 9.10. The van der Waals surface area contributed by atoms with Crippen LogP contribution in [0.3, 0.4) is 0 Å². The fraction of sp³-hybridized carbons (Fsp3) is 0.0968. The van der Waals surface area contributed by atoms with Crippen molar-refractivity contribution < 1.29 is 32.6 Å². The highest BCUT2D eigenvalue weighted by Crippen LogP contribution is 2.65. The third-order valence-corrected chi connectivity index (χ3v) is 13.2. The van der Waals surface area contributed by atoms with E-state index in [1.807, 2.05) is 91.0 Å². The van der Waals surface area contributed by atoms with Gasteiger partial charge in [-0.05, 0) is 48.5 Å². The normalized spacial score (nSPS) is 15.5. The molecule has 1 N–H and O–H groups in total. The molecule has 41 heavy (non-hydrogen) atoms. The maximum atomic E-state index is 14.0. The molecule has 0 fully saturated rings. The van der Waals surface area contributed by atoms with Gasteiger partial charge in [0.15, 0.2) is 7.26 Å². The number of esters is 1. The van der Waals surface area contributed by atoms with Crippen molar-refractivity contribution in [3.05, 3.63) is 132 Å². The van der Waals surface area contributed by atoms with E-state index in [-0.39, 0.29) is 15.8 Å². The predicted octanol–water partition coefficient (Wildman–Crippen LogP) is 3.74. The Morgan fingerprint density at radius 3 is 1.59 bits per heavy atom. The number of nitrogens with zero attached hydrogens (tertiary/aromatic N) is 1. The van der Waals surface area contributed by atoms with Gasteiger partial charge in [-0.1, -0.05) is 66.7 Å². The summed E-state index contributed by atoms with van der Waals surface area (Å²) < 4.78 is 39.0. The van der Waals surface area contributed by atoms with E-state index in [4.69, 9.17) is 9.47 Å². The Bertz CT molecular complexity index is 1630. The molecule has 0 radical (unpaired) electrons. The summed E-state index contributed by atoms with van der Waals surface area (Å²) in [4.78, 5) is 27.4. The van der Waals surface area contributed by atoms with Crippen LogP contribution in [0.1, 0.15) is 10.4 Å². The lowest BCUT2D eigenvalue weighted by Gasteiger charge is -2.34. The molecule has 0 spiro atoms. The lowest BCUT2D eigenvalue weighted by molar-refractivity contribution is -0.143. The number of sulfonamides is 1. The molecule has 1 atom stereocenters. The van der Waals surface area contributed by atoms with Crippen molar-refractivity contribution in [2.75, 3.05) is 14.2 Å². The second-order valence-corrected chi connectivity index (χ2v) is 14.3. The van der Waals surface area contributed by atoms with Crippen LogP contribution in [0.2, 0.25) is 0 Å². The zero-order valence-electron chi connectivity index (χ0n) is 22.2.